The molecule has 164 valence electrons. The lowest BCUT2D eigenvalue weighted by Crippen LogP contribution is -2.40. The van der Waals surface area contributed by atoms with Gasteiger partial charge in [0.05, 0.1) is 24.8 Å². The van der Waals surface area contributed by atoms with Gasteiger partial charge >= 0.3 is 11.9 Å². The molecule has 0 spiro atoms. The summed E-state index contributed by atoms with van der Waals surface area (Å²) in [6, 6.07) is 14.9. The van der Waals surface area contributed by atoms with Crippen LogP contribution < -0.4 is 10.3 Å². The highest BCUT2D eigenvalue weighted by Gasteiger charge is 2.19. The largest absolute Gasteiger partial charge is 0.466 e. The van der Waals surface area contributed by atoms with Gasteiger partial charge < -0.3 is 9.47 Å². The molecule has 0 aliphatic carbocycles. The Kier molecular flexibility index (Phi) is 8.79. The second kappa shape index (κ2) is 11.3. The average molecular weight is 464 g/mol. The molecule has 0 fully saturated rings. The van der Waals surface area contributed by atoms with Crippen molar-refractivity contribution in [3.05, 3.63) is 71.1 Å². The van der Waals surface area contributed by atoms with Gasteiger partial charge in [-0.15, -0.1) is 4.83 Å². The summed E-state index contributed by atoms with van der Waals surface area (Å²) in [7, 11) is -1.63. The van der Waals surface area contributed by atoms with E-state index in [0.29, 0.717) is 17.4 Å². The van der Waals surface area contributed by atoms with Gasteiger partial charge in [0.1, 0.15) is 4.91 Å². The minimum Gasteiger partial charge on any atom is -0.466 e. The highest BCUT2D eigenvalue weighted by atomic mass is 32.2. The van der Waals surface area contributed by atoms with Gasteiger partial charge in [-0.1, -0.05) is 35.9 Å². The van der Waals surface area contributed by atoms with Crippen LogP contribution in [-0.4, -0.2) is 39.7 Å². The molecule has 2 aromatic rings. The lowest BCUT2D eigenvalue weighted by atomic mass is 10.2. The van der Waals surface area contributed by atoms with E-state index in [1.54, 1.807) is 42.5 Å². The molecular formula is C20H21N3O6S2. The van der Waals surface area contributed by atoms with Crippen molar-refractivity contribution in [1.82, 2.24) is 10.3 Å². The summed E-state index contributed by atoms with van der Waals surface area (Å²) in [5, 5.41) is -0.0255. The summed E-state index contributed by atoms with van der Waals surface area (Å²) in [5.41, 5.74) is 3.88. The van der Waals surface area contributed by atoms with Gasteiger partial charge in [-0.3, -0.25) is 5.43 Å². The number of carbonyl (C=O) groups is 2. The van der Waals surface area contributed by atoms with Gasteiger partial charge in [0.25, 0.3) is 10.0 Å². The van der Waals surface area contributed by atoms with Crippen LogP contribution in [0.2, 0.25) is 0 Å². The van der Waals surface area contributed by atoms with Gasteiger partial charge in [0.2, 0.25) is 0 Å². The number of aliphatic imine (C=N–C) groups is 1. The van der Waals surface area contributed by atoms with Crippen molar-refractivity contribution in [2.24, 2.45) is 4.99 Å². The van der Waals surface area contributed by atoms with Gasteiger partial charge in [-0.2, -0.15) is 0 Å². The van der Waals surface area contributed by atoms with E-state index in [0.717, 1.165) is 25.9 Å². The summed E-state index contributed by atoms with van der Waals surface area (Å²) in [6.07, 6.45) is 0.924. The first kappa shape index (κ1) is 24.1. The maximum absolute atomic E-state index is 12.6. The Hall–Kier alpha value is -3.15. The van der Waals surface area contributed by atoms with E-state index in [2.05, 4.69) is 24.7 Å². The van der Waals surface area contributed by atoms with Crippen LogP contribution in [0, 0.1) is 6.92 Å². The van der Waals surface area contributed by atoms with Crippen molar-refractivity contribution in [3.8, 4) is 0 Å². The third-order valence-corrected chi connectivity index (χ3v) is 5.81. The minimum atomic E-state index is -3.94. The number of carbonyl (C=O) groups excluding carboxylic acids is 2. The van der Waals surface area contributed by atoms with E-state index in [1.165, 1.54) is 12.1 Å². The third kappa shape index (κ3) is 7.55. The SMILES string of the molecule is COC(=O)/C=C(\SC(=Nc1ccccc1)NNS(=O)(=O)c1ccc(C)cc1)C(=O)OC. The number of thioether (sulfide) groups is 1. The van der Waals surface area contributed by atoms with Gasteiger partial charge in [-0.25, -0.2) is 23.0 Å². The number of hydrazine groups is 1. The zero-order valence-corrected chi connectivity index (χ0v) is 18.6. The highest BCUT2D eigenvalue weighted by Crippen LogP contribution is 2.22. The van der Waals surface area contributed by atoms with Crippen LogP contribution in [0.1, 0.15) is 5.56 Å². The molecule has 0 aliphatic rings. The monoisotopic (exact) mass is 463 g/mol. The Bertz CT molecular complexity index is 1080. The molecule has 11 heteroatoms. The number of methoxy groups -OCH3 is 2. The first-order chi connectivity index (χ1) is 14.7. The molecule has 9 nitrogen and oxygen atoms in total. The van der Waals surface area contributed by atoms with E-state index in [4.69, 9.17) is 0 Å². The van der Waals surface area contributed by atoms with E-state index >= 15 is 0 Å². The number of hydrogen-bond acceptors (Lipinski definition) is 8. The molecule has 0 saturated carbocycles. The number of hydrogen-bond donors (Lipinski definition) is 2. The molecule has 0 radical (unpaired) electrons. The van der Waals surface area contributed by atoms with Crippen molar-refractivity contribution in [3.63, 3.8) is 0 Å². The topological polar surface area (TPSA) is 123 Å². The normalized spacial score (nSPS) is 12.2. The predicted octanol–water partition coefficient (Wildman–Crippen LogP) is 2.43. The van der Waals surface area contributed by atoms with E-state index in [9.17, 15) is 18.0 Å². The summed E-state index contributed by atoms with van der Waals surface area (Å²) in [5.74, 6) is -1.61. The molecule has 0 aliphatic heterocycles. The van der Waals surface area contributed by atoms with Crippen molar-refractivity contribution in [2.45, 2.75) is 11.8 Å². The number of sulfonamides is 1. The summed E-state index contributed by atoms with van der Waals surface area (Å²) in [4.78, 5) is 30.1. The quantitative estimate of drug-likeness (QED) is 0.211. The summed E-state index contributed by atoms with van der Waals surface area (Å²) in [6.45, 7) is 1.84. The van der Waals surface area contributed by atoms with Crippen molar-refractivity contribution in [1.29, 1.82) is 0 Å². The Morgan fingerprint density at radius 3 is 2.23 bits per heavy atom. The molecule has 0 aromatic heterocycles. The average Bonchev–Trinajstić information content (AvgIpc) is 2.77. The number of benzene rings is 2. The second-order valence-electron chi connectivity index (χ2n) is 5.92. The van der Waals surface area contributed by atoms with Crippen LogP contribution >= 0.6 is 11.8 Å². The zero-order chi connectivity index (χ0) is 22.9. The van der Waals surface area contributed by atoms with Gasteiger partial charge in [-0.05, 0) is 43.0 Å². The predicted molar refractivity (Wildman–Crippen MR) is 118 cm³/mol. The highest BCUT2D eigenvalue weighted by molar-refractivity contribution is 8.17. The molecule has 2 rings (SSSR count). The molecule has 0 unspecified atom stereocenters. The maximum Gasteiger partial charge on any atom is 0.345 e. The van der Waals surface area contributed by atoms with Crippen LogP contribution in [0.4, 0.5) is 5.69 Å². The minimum absolute atomic E-state index is 0.0255. The Labute approximate surface area is 184 Å². The van der Waals surface area contributed by atoms with Crippen molar-refractivity contribution < 1.29 is 27.5 Å². The van der Waals surface area contributed by atoms with Gasteiger partial charge in [0.15, 0.2) is 5.17 Å². The number of para-hydroxylation sites is 1. The fourth-order valence-corrected chi connectivity index (χ4v) is 3.78. The number of aryl methyl sites for hydroxylation is 1. The number of amidine groups is 1. The lowest BCUT2D eigenvalue weighted by Gasteiger charge is -2.13. The first-order valence-electron chi connectivity index (χ1n) is 8.79. The van der Waals surface area contributed by atoms with Crippen molar-refractivity contribution in [2.75, 3.05) is 14.2 Å². The smallest absolute Gasteiger partial charge is 0.345 e. The molecule has 2 N–H and O–H groups in total. The number of ether oxygens (including phenoxy) is 2. The molecule has 2 aromatic carbocycles. The summed E-state index contributed by atoms with van der Waals surface area (Å²) >= 11 is 0.697. The second-order valence-corrected chi connectivity index (χ2v) is 8.63. The lowest BCUT2D eigenvalue weighted by molar-refractivity contribution is -0.137. The number of rotatable bonds is 7. The van der Waals surface area contributed by atoms with Crippen LogP contribution in [0.25, 0.3) is 0 Å². The zero-order valence-electron chi connectivity index (χ0n) is 17.0. The molecule has 0 heterocycles. The Balaban J connectivity index is 2.33. The maximum atomic E-state index is 12.6. The first-order valence-corrected chi connectivity index (χ1v) is 11.1. The molecule has 0 amide bonds. The molecule has 0 saturated heterocycles. The molecule has 0 bridgehead atoms. The molecular weight excluding hydrogens is 442 g/mol. The Morgan fingerprint density at radius 2 is 1.65 bits per heavy atom. The van der Waals surface area contributed by atoms with Crippen LogP contribution in [0.15, 0.2) is 75.5 Å². The van der Waals surface area contributed by atoms with E-state index in [-0.39, 0.29) is 15.0 Å². The van der Waals surface area contributed by atoms with E-state index < -0.39 is 22.0 Å². The number of nitrogens with one attached hydrogen (secondary N) is 2. The van der Waals surface area contributed by atoms with Crippen LogP contribution in [0.3, 0.4) is 0 Å². The molecule has 31 heavy (non-hydrogen) atoms. The fourth-order valence-electron chi connectivity index (χ4n) is 2.08. The van der Waals surface area contributed by atoms with Crippen LogP contribution in [-0.2, 0) is 29.1 Å². The number of esters is 2. The molecule has 0 atom stereocenters. The standard InChI is InChI=1S/C20H21N3O6S2/c1-14-9-11-16(12-10-14)31(26,27)23-22-20(21-15-7-5-4-6-8-15)30-17(19(25)29-3)13-18(24)28-2/h4-13,23H,1-3H3,(H,21,22)/b17-13-. The van der Waals surface area contributed by atoms with Gasteiger partial charge in [0, 0.05) is 6.08 Å². The summed E-state index contributed by atoms with van der Waals surface area (Å²) < 4.78 is 34.4. The van der Waals surface area contributed by atoms with Crippen LogP contribution in [0.5, 0.6) is 0 Å². The van der Waals surface area contributed by atoms with Crippen molar-refractivity contribution >= 4 is 44.6 Å². The number of nitrogens with zero attached hydrogens (tertiary/aromatic N) is 1. The Morgan fingerprint density at radius 1 is 1.00 bits per heavy atom. The van der Waals surface area contributed by atoms with E-state index in [1.807, 2.05) is 6.92 Å². The third-order valence-electron chi connectivity index (χ3n) is 3.65. The fraction of sp³-hybridized carbons (Fsp3) is 0.150.